The summed E-state index contributed by atoms with van der Waals surface area (Å²) >= 11 is 0. The van der Waals surface area contributed by atoms with Crippen molar-refractivity contribution < 1.29 is 17.9 Å². The maximum absolute atomic E-state index is 12.8. The molecule has 3 rings (SSSR count). The largest absolute Gasteiger partial charge is 0.379 e. The Kier molecular flexibility index (Phi) is 6.21. The third kappa shape index (κ3) is 4.98. The van der Waals surface area contributed by atoms with Crippen LogP contribution in [0, 0.1) is 11.3 Å². The van der Waals surface area contributed by atoms with Crippen LogP contribution in [0.3, 0.4) is 0 Å². The van der Waals surface area contributed by atoms with Gasteiger partial charge in [-0.1, -0.05) is 26.8 Å². The molecule has 1 aliphatic heterocycles. The summed E-state index contributed by atoms with van der Waals surface area (Å²) in [6.07, 6.45) is 2.86. The molecule has 1 aromatic rings. The molecule has 1 N–H and O–H groups in total. The number of rotatable bonds is 4. The average molecular weight is 408 g/mol. The minimum Gasteiger partial charge on any atom is -0.379 e. The van der Waals surface area contributed by atoms with Crippen LogP contribution in [-0.4, -0.2) is 50.6 Å². The van der Waals surface area contributed by atoms with Crippen LogP contribution < -0.4 is 5.43 Å². The van der Waals surface area contributed by atoms with E-state index in [1.165, 1.54) is 16.4 Å². The minimum absolute atomic E-state index is 0.113. The number of amides is 1. The van der Waals surface area contributed by atoms with Crippen LogP contribution in [0.25, 0.3) is 0 Å². The third-order valence-electron chi connectivity index (χ3n) is 5.19. The molecule has 0 radical (unpaired) electrons. The van der Waals surface area contributed by atoms with E-state index < -0.39 is 15.9 Å². The van der Waals surface area contributed by atoms with Crippen molar-refractivity contribution in [3.8, 4) is 0 Å². The maximum atomic E-state index is 12.8. The first-order chi connectivity index (χ1) is 13.2. The molecule has 7 nitrogen and oxygen atoms in total. The molecular weight excluding hydrogens is 378 g/mol. The van der Waals surface area contributed by atoms with Crippen molar-refractivity contribution in [3.63, 3.8) is 0 Å². The molecule has 1 atom stereocenters. The van der Waals surface area contributed by atoms with Gasteiger partial charge in [0.15, 0.2) is 0 Å². The molecule has 0 bridgehead atoms. The highest BCUT2D eigenvalue weighted by Gasteiger charge is 2.30. The van der Waals surface area contributed by atoms with Gasteiger partial charge >= 0.3 is 0 Å². The Bertz CT molecular complexity index is 858. The number of sulfonamides is 1. The number of carbonyl (C=O) groups excluding carboxylic acids is 1. The number of hydrogen-bond donors (Lipinski definition) is 1. The van der Waals surface area contributed by atoms with Gasteiger partial charge in [0.25, 0.3) is 5.91 Å². The van der Waals surface area contributed by atoms with Gasteiger partial charge in [-0.25, -0.2) is 13.8 Å². The number of hydrogen-bond acceptors (Lipinski definition) is 5. The van der Waals surface area contributed by atoms with Gasteiger partial charge in [0, 0.05) is 24.4 Å². The number of morpholine rings is 1. The predicted octanol–water partition coefficient (Wildman–Crippen LogP) is 2.64. The van der Waals surface area contributed by atoms with Crippen LogP contribution in [0.1, 0.15) is 50.4 Å². The Balaban J connectivity index is 1.73. The second-order valence-electron chi connectivity index (χ2n) is 8.52. The zero-order chi connectivity index (χ0) is 20.4. The van der Waals surface area contributed by atoms with E-state index in [0.29, 0.717) is 32.2 Å². The van der Waals surface area contributed by atoms with E-state index in [9.17, 15) is 13.2 Å². The van der Waals surface area contributed by atoms with E-state index in [1.807, 2.05) is 0 Å². The number of ether oxygens (including phenoxy) is 1. The lowest BCUT2D eigenvalue weighted by molar-refractivity contribution is 0.0730. The Morgan fingerprint density at radius 2 is 2.00 bits per heavy atom. The van der Waals surface area contributed by atoms with Crippen LogP contribution in [0.4, 0.5) is 0 Å². The number of nitrogens with zero attached hydrogens (tertiary/aromatic N) is 2. The van der Waals surface area contributed by atoms with Gasteiger partial charge < -0.3 is 4.74 Å². The summed E-state index contributed by atoms with van der Waals surface area (Å²) in [5.74, 6) is 0.129. The summed E-state index contributed by atoms with van der Waals surface area (Å²) in [6.45, 7) is 8.01. The highest BCUT2D eigenvalue weighted by atomic mass is 32.2. The fraction of sp³-hybridized carbons (Fsp3) is 0.600. The highest BCUT2D eigenvalue weighted by Crippen LogP contribution is 2.36. The maximum Gasteiger partial charge on any atom is 0.271 e. The molecule has 1 amide bonds. The normalized spacial score (nSPS) is 24.8. The van der Waals surface area contributed by atoms with Gasteiger partial charge in [-0.3, -0.25) is 4.79 Å². The summed E-state index contributed by atoms with van der Waals surface area (Å²) in [5.41, 5.74) is 4.04. The van der Waals surface area contributed by atoms with Gasteiger partial charge in [-0.15, -0.1) is 0 Å². The van der Waals surface area contributed by atoms with Crippen molar-refractivity contribution in [2.24, 2.45) is 16.4 Å². The van der Waals surface area contributed by atoms with E-state index in [4.69, 9.17) is 4.74 Å². The molecule has 28 heavy (non-hydrogen) atoms. The van der Waals surface area contributed by atoms with Crippen molar-refractivity contribution in [3.05, 3.63) is 29.8 Å². The van der Waals surface area contributed by atoms with E-state index in [0.717, 1.165) is 25.0 Å². The summed E-state index contributed by atoms with van der Waals surface area (Å²) < 4.78 is 32.2. The first-order valence-corrected chi connectivity index (χ1v) is 11.2. The fourth-order valence-electron chi connectivity index (χ4n) is 4.13. The second-order valence-corrected chi connectivity index (χ2v) is 10.5. The second kappa shape index (κ2) is 8.31. The van der Waals surface area contributed by atoms with Gasteiger partial charge in [0.05, 0.1) is 18.1 Å². The van der Waals surface area contributed by atoms with Crippen molar-refractivity contribution >= 4 is 21.6 Å². The summed E-state index contributed by atoms with van der Waals surface area (Å²) in [7, 11) is -3.64. The monoisotopic (exact) mass is 407 g/mol. The zero-order valence-corrected chi connectivity index (χ0v) is 17.6. The van der Waals surface area contributed by atoms with Crippen molar-refractivity contribution in [2.45, 2.75) is 44.9 Å². The predicted molar refractivity (Wildman–Crippen MR) is 108 cm³/mol. The van der Waals surface area contributed by atoms with Gasteiger partial charge in [0.2, 0.25) is 10.0 Å². The SMILES string of the molecule is C[C@@H]1C/C(=N/NC(=O)c2cccc(S(=O)(=O)N3CCOCC3)c2)CC(C)(C)C1. The van der Waals surface area contributed by atoms with E-state index in [2.05, 4.69) is 31.3 Å². The summed E-state index contributed by atoms with van der Waals surface area (Å²) in [6, 6.07) is 6.11. The lowest BCUT2D eigenvalue weighted by Gasteiger charge is -2.34. The van der Waals surface area contributed by atoms with Crippen molar-refractivity contribution in [1.29, 1.82) is 0 Å². The molecule has 1 heterocycles. The summed E-state index contributed by atoms with van der Waals surface area (Å²) in [5, 5.41) is 4.33. The quantitative estimate of drug-likeness (QED) is 0.777. The number of benzene rings is 1. The lowest BCUT2D eigenvalue weighted by atomic mass is 9.72. The molecule has 8 heteroatoms. The van der Waals surface area contributed by atoms with E-state index >= 15 is 0 Å². The average Bonchev–Trinajstić information content (AvgIpc) is 2.65. The molecule has 0 unspecified atom stereocenters. The van der Waals surface area contributed by atoms with Crippen LogP contribution in [0.5, 0.6) is 0 Å². The molecule has 0 spiro atoms. The Morgan fingerprint density at radius 1 is 1.29 bits per heavy atom. The van der Waals surface area contributed by atoms with Crippen molar-refractivity contribution in [1.82, 2.24) is 9.73 Å². The number of carbonyl (C=O) groups is 1. The van der Waals surface area contributed by atoms with E-state index in [1.54, 1.807) is 12.1 Å². The molecule has 1 aliphatic carbocycles. The lowest BCUT2D eigenvalue weighted by Crippen LogP contribution is -2.40. The Labute approximate surface area is 167 Å². The smallest absolute Gasteiger partial charge is 0.271 e. The molecule has 1 saturated heterocycles. The first kappa shape index (κ1) is 21.0. The standard InChI is InChI=1S/C20H29N3O4S/c1-15-11-17(14-20(2,3)13-15)21-22-19(24)16-5-4-6-18(12-16)28(25,26)23-7-9-27-10-8-23/h4-6,12,15H,7-11,13-14H2,1-3H3,(H,22,24)/b21-17-/t15-/m1/s1. The van der Waals surface area contributed by atoms with Crippen LogP contribution in [0.15, 0.2) is 34.3 Å². The Hall–Kier alpha value is -1.77. The van der Waals surface area contributed by atoms with Gasteiger partial charge in [-0.05, 0) is 48.8 Å². The molecule has 1 aromatic carbocycles. The molecule has 2 fully saturated rings. The first-order valence-electron chi connectivity index (χ1n) is 9.71. The number of nitrogens with one attached hydrogen (secondary N) is 1. The van der Waals surface area contributed by atoms with Crippen LogP contribution in [0.2, 0.25) is 0 Å². The topological polar surface area (TPSA) is 88.1 Å². The van der Waals surface area contributed by atoms with Crippen LogP contribution in [-0.2, 0) is 14.8 Å². The minimum atomic E-state index is -3.64. The Morgan fingerprint density at radius 3 is 2.68 bits per heavy atom. The van der Waals surface area contributed by atoms with E-state index in [-0.39, 0.29) is 15.9 Å². The fourth-order valence-corrected chi connectivity index (χ4v) is 5.58. The number of hydrazone groups is 1. The van der Waals surface area contributed by atoms with Crippen molar-refractivity contribution in [2.75, 3.05) is 26.3 Å². The molecule has 1 saturated carbocycles. The van der Waals surface area contributed by atoms with Crippen LogP contribution >= 0.6 is 0 Å². The highest BCUT2D eigenvalue weighted by molar-refractivity contribution is 7.89. The molecule has 2 aliphatic rings. The van der Waals surface area contributed by atoms with Gasteiger partial charge in [0.1, 0.15) is 0 Å². The summed E-state index contributed by atoms with van der Waals surface area (Å²) in [4.78, 5) is 12.7. The van der Waals surface area contributed by atoms with Gasteiger partial charge in [-0.2, -0.15) is 9.41 Å². The zero-order valence-electron chi connectivity index (χ0n) is 16.8. The molecule has 0 aromatic heterocycles. The third-order valence-corrected chi connectivity index (χ3v) is 7.08. The molecule has 154 valence electrons. The molecular formula is C20H29N3O4S.